The van der Waals surface area contributed by atoms with E-state index < -0.39 is 0 Å². The minimum atomic E-state index is -0.0991. The lowest BCUT2D eigenvalue weighted by Gasteiger charge is -2.20. The largest absolute Gasteiger partial charge is 0.486 e. The van der Waals surface area contributed by atoms with E-state index in [1.807, 2.05) is 6.92 Å². The quantitative estimate of drug-likeness (QED) is 0.801. The summed E-state index contributed by atoms with van der Waals surface area (Å²) >= 11 is 0. The van der Waals surface area contributed by atoms with E-state index in [1.54, 1.807) is 19.2 Å². The number of fused-ring (bicyclic) bond motifs is 1. The number of amides is 1. The van der Waals surface area contributed by atoms with Gasteiger partial charge in [0.2, 0.25) is 5.91 Å². The van der Waals surface area contributed by atoms with Crippen molar-refractivity contribution < 1.29 is 19.0 Å². The van der Waals surface area contributed by atoms with Crippen LogP contribution in [-0.4, -0.2) is 32.8 Å². The van der Waals surface area contributed by atoms with Gasteiger partial charge in [0, 0.05) is 32.3 Å². The molecule has 6 nitrogen and oxygen atoms in total. The Labute approximate surface area is 118 Å². The van der Waals surface area contributed by atoms with Gasteiger partial charge in [-0.2, -0.15) is 0 Å². The van der Waals surface area contributed by atoms with Gasteiger partial charge < -0.3 is 25.3 Å². The van der Waals surface area contributed by atoms with Gasteiger partial charge >= 0.3 is 0 Å². The summed E-state index contributed by atoms with van der Waals surface area (Å²) in [4.78, 5) is 11.9. The summed E-state index contributed by atoms with van der Waals surface area (Å²) in [5.41, 5.74) is 6.91. The van der Waals surface area contributed by atoms with E-state index in [0.717, 1.165) is 0 Å². The van der Waals surface area contributed by atoms with Crippen molar-refractivity contribution in [2.24, 2.45) is 5.92 Å². The van der Waals surface area contributed by atoms with Crippen LogP contribution in [0, 0.1) is 5.92 Å². The van der Waals surface area contributed by atoms with Gasteiger partial charge in [0.15, 0.2) is 11.5 Å². The number of benzene rings is 1. The van der Waals surface area contributed by atoms with Crippen LogP contribution >= 0.6 is 0 Å². The molecular formula is C14H20N2O4. The maximum Gasteiger partial charge on any atom is 0.224 e. The molecule has 1 aromatic rings. The van der Waals surface area contributed by atoms with Crippen molar-refractivity contribution >= 4 is 17.3 Å². The summed E-state index contributed by atoms with van der Waals surface area (Å²) in [6.07, 6.45) is 0.377. The fourth-order valence-electron chi connectivity index (χ4n) is 2.07. The Morgan fingerprint density at radius 2 is 2.05 bits per heavy atom. The standard InChI is InChI=1S/C14H20N2O4/c1-9(8-18-2)5-14(17)16-11-7-13-12(6-10(11)15)19-3-4-20-13/h6-7,9H,3-5,8,15H2,1-2H3,(H,16,17). The van der Waals surface area contributed by atoms with Crippen LogP contribution in [0.25, 0.3) is 0 Å². The molecule has 110 valence electrons. The van der Waals surface area contributed by atoms with E-state index in [4.69, 9.17) is 19.9 Å². The number of nitrogen functional groups attached to an aromatic ring is 1. The molecule has 2 rings (SSSR count). The predicted octanol–water partition coefficient (Wildman–Crippen LogP) is 1.65. The van der Waals surface area contributed by atoms with E-state index in [0.29, 0.717) is 49.1 Å². The van der Waals surface area contributed by atoms with Crippen LogP contribution in [0.2, 0.25) is 0 Å². The van der Waals surface area contributed by atoms with E-state index in [2.05, 4.69) is 5.32 Å². The molecule has 6 heteroatoms. The average molecular weight is 280 g/mol. The summed E-state index contributed by atoms with van der Waals surface area (Å²) in [5, 5.41) is 2.79. The molecular weight excluding hydrogens is 260 g/mol. The average Bonchev–Trinajstić information content (AvgIpc) is 2.39. The number of hydrogen-bond donors (Lipinski definition) is 2. The predicted molar refractivity (Wildman–Crippen MR) is 76.1 cm³/mol. The number of ether oxygens (including phenoxy) is 3. The van der Waals surface area contributed by atoms with Crippen LogP contribution in [0.3, 0.4) is 0 Å². The van der Waals surface area contributed by atoms with Gasteiger partial charge in [0.05, 0.1) is 11.4 Å². The highest BCUT2D eigenvalue weighted by molar-refractivity contribution is 5.94. The number of methoxy groups -OCH3 is 1. The third kappa shape index (κ3) is 3.54. The zero-order valence-corrected chi connectivity index (χ0v) is 11.8. The molecule has 0 bridgehead atoms. The van der Waals surface area contributed by atoms with Crippen molar-refractivity contribution in [2.45, 2.75) is 13.3 Å². The van der Waals surface area contributed by atoms with Crippen LogP contribution in [0.5, 0.6) is 11.5 Å². The topological polar surface area (TPSA) is 82.8 Å². The lowest BCUT2D eigenvalue weighted by Crippen LogP contribution is -2.19. The molecule has 0 saturated carbocycles. The summed E-state index contributed by atoms with van der Waals surface area (Å²) < 4.78 is 15.9. The van der Waals surface area contributed by atoms with E-state index >= 15 is 0 Å². The van der Waals surface area contributed by atoms with Crippen LogP contribution in [0.1, 0.15) is 13.3 Å². The first-order valence-corrected chi connectivity index (χ1v) is 6.58. The first kappa shape index (κ1) is 14.5. The highest BCUT2D eigenvalue weighted by Gasteiger charge is 2.16. The van der Waals surface area contributed by atoms with Crippen LogP contribution in [-0.2, 0) is 9.53 Å². The molecule has 1 unspecified atom stereocenters. The molecule has 1 aromatic carbocycles. The van der Waals surface area contributed by atoms with Crippen LogP contribution in [0.15, 0.2) is 12.1 Å². The minimum Gasteiger partial charge on any atom is -0.486 e. The second-order valence-corrected chi connectivity index (χ2v) is 4.90. The number of carbonyl (C=O) groups is 1. The van der Waals surface area contributed by atoms with Gasteiger partial charge in [0.1, 0.15) is 13.2 Å². The number of nitrogens with two attached hydrogens (primary N) is 1. The highest BCUT2D eigenvalue weighted by atomic mass is 16.6. The fraction of sp³-hybridized carbons (Fsp3) is 0.500. The lowest BCUT2D eigenvalue weighted by atomic mass is 10.1. The Bertz CT molecular complexity index is 490. The Morgan fingerprint density at radius 1 is 1.40 bits per heavy atom. The smallest absolute Gasteiger partial charge is 0.224 e. The molecule has 0 fully saturated rings. The number of carbonyl (C=O) groups excluding carboxylic acids is 1. The molecule has 0 saturated heterocycles. The van der Waals surface area contributed by atoms with Crippen molar-refractivity contribution in [3.8, 4) is 11.5 Å². The SMILES string of the molecule is COCC(C)CC(=O)Nc1cc2c(cc1N)OCCO2. The monoisotopic (exact) mass is 280 g/mol. The molecule has 1 amide bonds. The third-order valence-electron chi connectivity index (χ3n) is 2.97. The first-order valence-electron chi connectivity index (χ1n) is 6.58. The summed E-state index contributed by atoms with van der Waals surface area (Å²) in [6.45, 7) is 3.50. The molecule has 1 atom stereocenters. The maximum absolute atomic E-state index is 11.9. The zero-order valence-electron chi connectivity index (χ0n) is 11.8. The molecule has 1 aliphatic heterocycles. The Kier molecular flexibility index (Phi) is 4.68. The Balaban J connectivity index is 2.03. The second kappa shape index (κ2) is 6.47. The third-order valence-corrected chi connectivity index (χ3v) is 2.97. The molecule has 0 spiro atoms. The van der Waals surface area contributed by atoms with Gasteiger partial charge in [0.25, 0.3) is 0 Å². The molecule has 0 radical (unpaired) electrons. The van der Waals surface area contributed by atoms with Gasteiger partial charge in [-0.3, -0.25) is 4.79 Å². The Morgan fingerprint density at radius 3 is 2.70 bits per heavy atom. The molecule has 1 heterocycles. The first-order chi connectivity index (χ1) is 9.60. The van der Waals surface area contributed by atoms with Crippen molar-refractivity contribution in [3.05, 3.63) is 12.1 Å². The van der Waals surface area contributed by atoms with Crippen molar-refractivity contribution in [2.75, 3.05) is 38.0 Å². The molecule has 1 aliphatic rings. The summed E-state index contributed by atoms with van der Waals surface area (Å²) in [7, 11) is 1.62. The fourth-order valence-corrected chi connectivity index (χ4v) is 2.07. The zero-order chi connectivity index (χ0) is 14.5. The van der Waals surface area contributed by atoms with Gasteiger partial charge in [-0.25, -0.2) is 0 Å². The second-order valence-electron chi connectivity index (χ2n) is 4.90. The van der Waals surface area contributed by atoms with E-state index in [9.17, 15) is 4.79 Å². The number of rotatable bonds is 5. The number of hydrogen-bond acceptors (Lipinski definition) is 5. The highest BCUT2D eigenvalue weighted by Crippen LogP contribution is 2.37. The van der Waals surface area contributed by atoms with E-state index in [-0.39, 0.29) is 11.8 Å². The number of nitrogens with one attached hydrogen (secondary N) is 1. The van der Waals surface area contributed by atoms with Crippen LogP contribution in [0.4, 0.5) is 11.4 Å². The normalized spacial score (nSPS) is 14.7. The molecule has 20 heavy (non-hydrogen) atoms. The van der Waals surface area contributed by atoms with Gasteiger partial charge in [-0.05, 0) is 5.92 Å². The molecule has 0 aliphatic carbocycles. The Hall–Kier alpha value is -1.95. The van der Waals surface area contributed by atoms with Crippen molar-refractivity contribution in [3.63, 3.8) is 0 Å². The summed E-state index contributed by atoms with van der Waals surface area (Å²) in [5.74, 6) is 1.27. The van der Waals surface area contributed by atoms with Gasteiger partial charge in [-0.15, -0.1) is 0 Å². The summed E-state index contributed by atoms with van der Waals surface area (Å²) in [6, 6.07) is 3.37. The van der Waals surface area contributed by atoms with E-state index in [1.165, 1.54) is 0 Å². The molecule has 3 N–H and O–H groups in total. The maximum atomic E-state index is 11.9. The van der Waals surface area contributed by atoms with Crippen molar-refractivity contribution in [1.29, 1.82) is 0 Å². The van der Waals surface area contributed by atoms with Gasteiger partial charge in [-0.1, -0.05) is 6.92 Å². The lowest BCUT2D eigenvalue weighted by molar-refractivity contribution is -0.117. The van der Waals surface area contributed by atoms with Crippen LogP contribution < -0.4 is 20.5 Å². The number of anilines is 2. The molecule has 0 aromatic heterocycles. The van der Waals surface area contributed by atoms with Crippen molar-refractivity contribution in [1.82, 2.24) is 0 Å². The minimum absolute atomic E-state index is 0.0991.